The van der Waals surface area contributed by atoms with Gasteiger partial charge in [-0.05, 0) is 24.3 Å². The van der Waals surface area contributed by atoms with Crippen molar-refractivity contribution in [3.05, 3.63) is 0 Å². The molecule has 1 rings (SSSR count). The molecule has 66 valence electrons. The number of thioether (sulfide) groups is 2. The summed E-state index contributed by atoms with van der Waals surface area (Å²) in [4.78, 5) is 0. The highest BCUT2D eigenvalue weighted by atomic mass is 32.2. The molecule has 1 aliphatic carbocycles. The van der Waals surface area contributed by atoms with Crippen LogP contribution in [-0.4, -0.2) is 15.6 Å². The summed E-state index contributed by atoms with van der Waals surface area (Å²) in [6, 6.07) is 0. The molecule has 1 saturated carbocycles. The zero-order valence-electron chi connectivity index (χ0n) is 7.56. The second-order valence-electron chi connectivity index (χ2n) is 2.98. The van der Waals surface area contributed by atoms with Crippen LogP contribution in [0.2, 0.25) is 0 Å². The molecule has 0 spiro atoms. The van der Waals surface area contributed by atoms with Crippen LogP contribution in [0.4, 0.5) is 0 Å². The van der Waals surface area contributed by atoms with Gasteiger partial charge in [0.15, 0.2) is 0 Å². The molecule has 2 heteroatoms. The topological polar surface area (TPSA) is 0 Å². The van der Waals surface area contributed by atoms with E-state index in [0.717, 1.165) is 0 Å². The van der Waals surface area contributed by atoms with Gasteiger partial charge in [0, 0.05) is 0 Å². The minimum absolute atomic E-state index is 0.628. The maximum Gasteiger partial charge on any atom is 0.0610 e. The van der Waals surface area contributed by atoms with Gasteiger partial charge in [0.25, 0.3) is 0 Å². The molecule has 0 nitrogen and oxygen atoms in total. The summed E-state index contributed by atoms with van der Waals surface area (Å²) in [6.45, 7) is 4.56. The summed E-state index contributed by atoms with van der Waals surface area (Å²) in [6.07, 6.45) is 5.81. The predicted molar refractivity (Wildman–Crippen MR) is 57.5 cm³/mol. The fraction of sp³-hybridized carbons (Fsp3) is 1.00. The Kier molecular flexibility index (Phi) is 4.14. The van der Waals surface area contributed by atoms with Gasteiger partial charge in [-0.3, -0.25) is 0 Å². The molecule has 0 amide bonds. The maximum absolute atomic E-state index is 2.28. The summed E-state index contributed by atoms with van der Waals surface area (Å²) in [7, 11) is 0. The highest BCUT2D eigenvalue weighted by Gasteiger charge is 2.33. The van der Waals surface area contributed by atoms with Crippen molar-refractivity contribution in [1.82, 2.24) is 0 Å². The van der Waals surface area contributed by atoms with E-state index in [1.807, 2.05) is 0 Å². The van der Waals surface area contributed by atoms with E-state index in [2.05, 4.69) is 37.4 Å². The van der Waals surface area contributed by atoms with E-state index in [9.17, 15) is 0 Å². The van der Waals surface area contributed by atoms with Gasteiger partial charge in [0.1, 0.15) is 0 Å². The lowest BCUT2D eigenvalue weighted by Gasteiger charge is -2.26. The van der Waals surface area contributed by atoms with E-state index in [-0.39, 0.29) is 0 Å². The predicted octanol–water partition coefficient (Wildman–Crippen LogP) is 3.76. The minimum Gasteiger partial charge on any atom is -0.145 e. The normalized spacial score (nSPS) is 22.4. The first-order valence-corrected chi connectivity index (χ1v) is 6.58. The molecule has 0 aromatic heterocycles. The summed E-state index contributed by atoms with van der Waals surface area (Å²) >= 11 is 4.35. The molecule has 0 aliphatic heterocycles. The first-order chi connectivity index (χ1) is 5.33. The highest BCUT2D eigenvalue weighted by molar-refractivity contribution is 8.18. The van der Waals surface area contributed by atoms with Crippen LogP contribution in [-0.2, 0) is 0 Å². The molecule has 0 aromatic carbocycles. The maximum atomic E-state index is 2.28. The summed E-state index contributed by atoms with van der Waals surface area (Å²) in [5.74, 6) is 2.57. The van der Waals surface area contributed by atoms with Crippen molar-refractivity contribution in [3.63, 3.8) is 0 Å². The van der Waals surface area contributed by atoms with Crippen LogP contribution in [0.15, 0.2) is 0 Å². The van der Waals surface area contributed by atoms with E-state index < -0.39 is 0 Å². The molecule has 0 N–H and O–H groups in total. The molecule has 11 heavy (non-hydrogen) atoms. The molecule has 0 aromatic rings. The Morgan fingerprint density at radius 2 is 1.45 bits per heavy atom. The third-order valence-corrected chi connectivity index (χ3v) is 5.33. The Balaban J connectivity index is 2.40. The van der Waals surface area contributed by atoms with E-state index >= 15 is 0 Å². The largest absolute Gasteiger partial charge is 0.145 e. The van der Waals surface area contributed by atoms with Gasteiger partial charge in [-0.2, -0.15) is 0 Å². The van der Waals surface area contributed by atoms with E-state index in [1.165, 1.54) is 37.2 Å². The fourth-order valence-corrected chi connectivity index (χ4v) is 5.02. The summed E-state index contributed by atoms with van der Waals surface area (Å²) in [5, 5.41) is 0. The average Bonchev–Trinajstić information content (AvgIpc) is 2.39. The van der Waals surface area contributed by atoms with Gasteiger partial charge in [-0.15, -0.1) is 23.5 Å². The Morgan fingerprint density at radius 3 is 1.82 bits per heavy atom. The van der Waals surface area contributed by atoms with Gasteiger partial charge >= 0.3 is 0 Å². The third-order valence-electron chi connectivity index (χ3n) is 2.18. The fourth-order valence-electron chi connectivity index (χ4n) is 1.77. The zero-order chi connectivity index (χ0) is 8.16. The Morgan fingerprint density at radius 1 is 1.00 bits per heavy atom. The zero-order valence-corrected chi connectivity index (χ0v) is 9.19. The molecule has 0 saturated heterocycles. The van der Waals surface area contributed by atoms with E-state index in [1.54, 1.807) is 0 Å². The monoisotopic (exact) mass is 190 g/mol. The SMILES string of the molecule is CCSC1(SCC)CCCC1. The van der Waals surface area contributed by atoms with Crippen molar-refractivity contribution in [2.24, 2.45) is 0 Å². The van der Waals surface area contributed by atoms with Crippen molar-refractivity contribution in [3.8, 4) is 0 Å². The van der Waals surface area contributed by atoms with Crippen molar-refractivity contribution in [2.75, 3.05) is 11.5 Å². The molecule has 1 aliphatic rings. The first kappa shape index (κ1) is 9.79. The van der Waals surface area contributed by atoms with Gasteiger partial charge in [-0.25, -0.2) is 0 Å². The van der Waals surface area contributed by atoms with E-state index in [4.69, 9.17) is 0 Å². The highest BCUT2D eigenvalue weighted by Crippen LogP contribution is 2.49. The summed E-state index contributed by atoms with van der Waals surface area (Å²) in [5.41, 5.74) is 0. The van der Waals surface area contributed by atoms with Crippen LogP contribution >= 0.6 is 23.5 Å². The average molecular weight is 190 g/mol. The Labute approximate surface area is 78.9 Å². The Hall–Kier alpha value is 0.700. The second-order valence-corrected chi connectivity index (χ2v) is 6.54. The van der Waals surface area contributed by atoms with Gasteiger partial charge in [0.05, 0.1) is 4.08 Å². The van der Waals surface area contributed by atoms with E-state index in [0.29, 0.717) is 4.08 Å². The quantitative estimate of drug-likeness (QED) is 0.619. The molecule has 0 atom stereocenters. The Bertz CT molecular complexity index is 98.1. The number of rotatable bonds is 4. The molecular formula is C9H18S2. The lowest BCUT2D eigenvalue weighted by Crippen LogP contribution is -2.15. The molecule has 0 radical (unpaired) electrons. The van der Waals surface area contributed by atoms with Crippen molar-refractivity contribution in [2.45, 2.75) is 43.6 Å². The molecule has 0 bridgehead atoms. The first-order valence-electron chi connectivity index (χ1n) is 4.61. The second kappa shape index (κ2) is 4.66. The molecule has 0 unspecified atom stereocenters. The van der Waals surface area contributed by atoms with Crippen LogP contribution in [0.1, 0.15) is 39.5 Å². The van der Waals surface area contributed by atoms with Crippen LogP contribution in [0.3, 0.4) is 0 Å². The van der Waals surface area contributed by atoms with Crippen LogP contribution in [0, 0.1) is 0 Å². The minimum atomic E-state index is 0.628. The number of hydrogen-bond acceptors (Lipinski definition) is 2. The van der Waals surface area contributed by atoms with Crippen LogP contribution in [0.5, 0.6) is 0 Å². The lowest BCUT2D eigenvalue weighted by molar-refractivity contribution is 0.842. The van der Waals surface area contributed by atoms with Gasteiger partial charge in [0.2, 0.25) is 0 Å². The van der Waals surface area contributed by atoms with Gasteiger partial charge in [-0.1, -0.05) is 26.7 Å². The summed E-state index contributed by atoms with van der Waals surface area (Å²) < 4.78 is 0.628. The standard InChI is InChI=1S/C9H18S2/c1-3-10-9(11-4-2)7-5-6-8-9/h3-8H2,1-2H3. The molecule has 0 heterocycles. The van der Waals surface area contributed by atoms with Crippen LogP contribution < -0.4 is 0 Å². The third kappa shape index (κ3) is 2.59. The van der Waals surface area contributed by atoms with Crippen molar-refractivity contribution in [1.29, 1.82) is 0 Å². The van der Waals surface area contributed by atoms with Crippen molar-refractivity contribution < 1.29 is 0 Å². The lowest BCUT2D eigenvalue weighted by atomic mass is 10.4. The van der Waals surface area contributed by atoms with Gasteiger partial charge < -0.3 is 0 Å². The molecule has 1 fully saturated rings. The van der Waals surface area contributed by atoms with Crippen LogP contribution in [0.25, 0.3) is 0 Å². The number of hydrogen-bond donors (Lipinski definition) is 0. The molecular weight excluding hydrogens is 172 g/mol. The van der Waals surface area contributed by atoms with Crippen molar-refractivity contribution >= 4 is 23.5 Å². The smallest absolute Gasteiger partial charge is 0.0610 e.